The summed E-state index contributed by atoms with van der Waals surface area (Å²) in [5.74, 6) is 2.12. The number of nitrogens with zero attached hydrogens (tertiary/aromatic N) is 2. The van der Waals surface area contributed by atoms with Crippen LogP contribution in [-0.2, 0) is 0 Å². The van der Waals surface area contributed by atoms with E-state index in [4.69, 9.17) is 22.4 Å². The van der Waals surface area contributed by atoms with E-state index in [1.807, 2.05) is 0 Å². The van der Waals surface area contributed by atoms with Crippen LogP contribution in [0.15, 0.2) is 41.0 Å². The van der Waals surface area contributed by atoms with Crippen molar-refractivity contribution in [2.24, 2.45) is 0 Å². The molecular weight excluding hydrogens is 264 g/mol. The number of furan rings is 1. The number of hydrogen-bond acceptors (Lipinski definition) is 3. The van der Waals surface area contributed by atoms with Gasteiger partial charge in [0.2, 0.25) is 5.78 Å². The quantitative estimate of drug-likeness (QED) is 0.311. The summed E-state index contributed by atoms with van der Waals surface area (Å²) in [6.07, 6.45) is 6.72. The molecular formula is C14H7ClN2O2. The Hall–Kier alpha value is -2.51. The van der Waals surface area contributed by atoms with Gasteiger partial charge in [0.1, 0.15) is 10.8 Å². The minimum Gasteiger partial charge on any atom is -0.463 e. The Balaban J connectivity index is 2.42. The van der Waals surface area contributed by atoms with Crippen molar-refractivity contribution in [1.29, 1.82) is 0 Å². The maximum Gasteiger partial charge on any atom is 0.240 e. The molecule has 0 N–H and O–H groups in total. The predicted octanol–water partition coefficient (Wildman–Crippen LogP) is 3.06. The van der Waals surface area contributed by atoms with Crippen molar-refractivity contribution < 1.29 is 9.21 Å². The first-order valence-electron chi connectivity index (χ1n) is 5.44. The molecule has 0 saturated carbocycles. The van der Waals surface area contributed by atoms with Crippen LogP contribution < -0.4 is 0 Å². The van der Waals surface area contributed by atoms with Gasteiger partial charge in [-0.25, -0.2) is 4.52 Å². The van der Waals surface area contributed by atoms with Gasteiger partial charge in [-0.05, 0) is 30.2 Å². The fourth-order valence-electron chi connectivity index (χ4n) is 1.92. The van der Waals surface area contributed by atoms with Crippen molar-refractivity contribution in [3.05, 3.63) is 47.3 Å². The van der Waals surface area contributed by atoms with Crippen molar-refractivity contribution in [3.63, 3.8) is 0 Å². The van der Waals surface area contributed by atoms with Crippen molar-refractivity contribution in [2.45, 2.75) is 0 Å². The number of aromatic nitrogens is 2. The standard InChI is InChI=1S/C14H7ClN2O2/c1-2-10(18)13-9-5-3-7-12(15)17(9)16-14(13)11-6-4-8-19-11/h1,3-8H. The van der Waals surface area contributed by atoms with E-state index in [0.717, 1.165) is 0 Å². The highest BCUT2D eigenvalue weighted by Gasteiger charge is 2.22. The monoisotopic (exact) mass is 270 g/mol. The van der Waals surface area contributed by atoms with Crippen LogP contribution in [0.2, 0.25) is 5.15 Å². The summed E-state index contributed by atoms with van der Waals surface area (Å²) in [5, 5.41) is 4.69. The molecule has 0 aliphatic rings. The molecule has 0 aliphatic carbocycles. The number of carbonyl (C=O) groups excluding carboxylic acids is 1. The molecule has 0 radical (unpaired) electrons. The zero-order valence-electron chi connectivity index (χ0n) is 9.63. The topological polar surface area (TPSA) is 47.5 Å². The SMILES string of the molecule is C#CC(=O)c1c(-c2ccco2)nn2c(Cl)cccc12. The van der Waals surface area contributed by atoms with Crippen molar-refractivity contribution in [1.82, 2.24) is 9.61 Å². The Morgan fingerprint density at radius 2 is 2.21 bits per heavy atom. The lowest BCUT2D eigenvalue weighted by Gasteiger charge is -1.96. The molecule has 0 saturated heterocycles. The van der Waals surface area contributed by atoms with Crippen LogP contribution >= 0.6 is 11.6 Å². The van der Waals surface area contributed by atoms with Crippen LogP contribution in [0.4, 0.5) is 0 Å². The number of pyridine rings is 1. The van der Waals surface area contributed by atoms with Crippen molar-refractivity contribution >= 4 is 22.9 Å². The lowest BCUT2D eigenvalue weighted by Crippen LogP contribution is -1.96. The van der Waals surface area contributed by atoms with Crippen LogP contribution in [-0.4, -0.2) is 15.4 Å². The van der Waals surface area contributed by atoms with E-state index in [1.165, 1.54) is 10.8 Å². The summed E-state index contributed by atoms with van der Waals surface area (Å²) in [6, 6.07) is 8.57. The van der Waals surface area contributed by atoms with Crippen LogP contribution in [0.3, 0.4) is 0 Å². The second kappa shape index (κ2) is 4.30. The second-order valence-electron chi connectivity index (χ2n) is 3.82. The molecule has 5 heteroatoms. The third kappa shape index (κ3) is 1.72. The van der Waals surface area contributed by atoms with E-state index < -0.39 is 5.78 Å². The van der Waals surface area contributed by atoms with E-state index in [0.29, 0.717) is 27.7 Å². The van der Waals surface area contributed by atoms with Gasteiger partial charge >= 0.3 is 0 Å². The minimum atomic E-state index is -0.455. The van der Waals surface area contributed by atoms with Gasteiger partial charge in [0, 0.05) is 0 Å². The molecule has 0 unspecified atom stereocenters. The third-order valence-electron chi connectivity index (χ3n) is 2.72. The Morgan fingerprint density at radius 3 is 2.89 bits per heavy atom. The third-order valence-corrected chi connectivity index (χ3v) is 3.01. The predicted molar refractivity (Wildman–Crippen MR) is 71.1 cm³/mol. The Morgan fingerprint density at radius 1 is 1.37 bits per heavy atom. The fourth-order valence-corrected chi connectivity index (χ4v) is 2.12. The molecule has 0 fully saturated rings. The minimum absolute atomic E-state index is 0.319. The number of hydrogen-bond donors (Lipinski definition) is 0. The van der Waals surface area contributed by atoms with Gasteiger partial charge in [0.15, 0.2) is 5.76 Å². The molecule has 3 heterocycles. The maximum absolute atomic E-state index is 11.9. The smallest absolute Gasteiger partial charge is 0.240 e. The summed E-state index contributed by atoms with van der Waals surface area (Å²) in [7, 11) is 0. The zero-order chi connectivity index (χ0) is 13.4. The van der Waals surface area contributed by atoms with E-state index >= 15 is 0 Å². The van der Waals surface area contributed by atoms with Gasteiger partial charge in [-0.2, -0.15) is 5.10 Å². The lowest BCUT2D eigenvalue weighted by molar-refractivity contribution is 0.105. The molecule has 4 nitrogen and oxygen atoms in total. The van der Waals surface area contributed by atoms with E-state index in [-0.39, 0.29) is 0 Å². The van der Waals surface area contributed by atoms with E-state index in [9.17, 15) is 4.79 Å². The molecule has 0 aromatic carbocycles. The van der Waals surface area contributed by atoms with Gasteiger partial charge in [0.05, 0.1) is 17.3 Å². The summed E-state index contributed by atoms with van der Waals surface area (Å²) in [6.45, 7) is 0. The van der Waals surface area contributed by atoms with Gasteiger partial charge < -0.3 is 4.42 Å². The molecule has 0 atom stereocenters. The van der Waals surface area contributed by atoms with Gasteiger partial charge in [-0.15, -0.1) is 6.42 Å². The maximum atomic E-state index is 11.9. The molecule has 92 valence electrons. The van der Waals surface area contributed by atoms with Crippen molar-refractivity contribution in [2.75, 3.05) is 0 Å². The summed E-state index contributed by atoms with van der Waals surface area (Å²) >= 11 is 6.06. The van der Waals surface area contributed by atoms with Gasteiger partial charge in [-0.1, -0.05) is 17.7 Å². The van der Waals surface area contributed by atoms with Gasteiger partial charge in [-0.3, -0.25) is 4.79 Å². The second-order valence-corrected chi connectivity index (χ2v) is 4.21. The first-order valence-corrected chi connectivity index (χ1v) is 5.82. The molecule has 3 aromatic rings. The highest BCUT2D eigenvalue weighted by molar-refractivity contribution is 6.30. The normalized spacial score (nSPS) is 10.5. The number of carbonyl (C=O) groups is 1. The highest BCUT2D eigenvalue weighted by atomic mass is 35.5. The Labute approximate surface area is 113 Å². The largest absolute Gasteiger partial charge is 0.463 e. The first-order chi connectivity index (χ1) is 9.22. The van der Waals surface area contributed by atoms with Crippen molar-refractivity contribution in [3.8, 4) is 23.8 Å². The number of fused-ring (bicyclic) bond motifs is 1. The van der Waals surface area contributed by atoms with Crippen LogP contribution in [0.1, 0.15) is 10.4 Å². The Kier molecular flexibility index (Phi) is 2.62. The lowest BCUT2D eigenvalue weighted by atomic mass is 10.1. The average molecular weight is 271 g/mol. The number of ketones is 1. The molecule has 19 heavy (non-hydrogen) atoms. The first kappa shape index (κ1) is 11.6. The number of Topliss-reactive ketones (excluding diaryl/α,β-unsaturated/α-hetero) is 1. The molecule has 0 amide bonds. The van der Waals surface area contributed by atoms with E-state index in [2.05, 4.69) is 11.0 Å². The molecule has 3 rings (SSSR count). The van der Waals surface area contributed by atoms with E-state index in [1.54, 1.807) is 30.3 Å². The summed E-state index contributed by atoms with van der Waals surface area (Å²) in [4.78, 5) is 11.9. The molecule has 0 spiro atoms. The van der Waals surface area contributed by atoms with Crippen LogP contribution in [0.5, 0.6) is 0 Å². The van der Waals surface area contributed by atoms with Gasteiger partial charge in [0.25, 0.3) is 0 Å². The number of rotatable bonds is 2. The molecule has 3 aromatic heterocycles. The zero-order valence-corrected chi connectivity index (χ0v) is 10.4. The molecule has 0 aliphatic heterocycles. The number of terminal acetylenes is 1. The molecule has 0 bridgehead atoms. The van der Waals surface area contributed by atoms with Crippen LogP contribution in [0.25, 0.3) is 17.0 Å². The Bertz CT molecular complexity index is 810. The number of halogens is 1. The highest BCUT2D eigenvalue weighted by Crippen LogP contribution is 2.28. The summed E-state index contributed by atoms with van der Waals surface area (Å²) in [5.41, 5.74) is 1.27. The average Bonchev–Trinajstić information content (AvgIpc) is 3.05. The summed E-state index contributed by atoms with van der Waals surface area (Å²) < 4.78 is 6.75. The van der Waals surface area contributed by atoms with Crippen LogP contribution in [0, 0.1) is 12.3 Å². The fraction of sp³-hybridized carbons (Fsp3) is 0.